The third-order valence-corrected chi connectivity index (χ3v) is 2.91. The molecular weight excluding hydrogens is 226 g/mol. The van der Waals surface area contributed by atoms with Gasteiger partial charge in [-0.3, -0.25) is 4.79 Å². The van der Waals surface area contributed by atoms with Gasteiger partial charge >= 0.3 is 0 Å². The summed E-state index contributed by atoms with van der Waals surface area (Å²) in [5.41, 5.74) is 0.396. The van der Waals surface area contributed by atoms with Crippen molar-refractivity contribution >= 4 is 22.4 Å². The SMILES string of the molecule is CCNc1nc(C(=O)N[C@H](CC)CO)cs1. The molecule has 1 heterocycles. The predicted octanol–water partition coefficient (Wildman–Crippen LogP) is 1.08. The van der Waals surface area contributed by atoms with Crippen molar-refractivity contribution in [2.24, 2.45) is 0 Å². The number of amides is 1. The standard InChI is InChI=1S/C10H17N3O2S/c1-3-7(5-14)12-9(15)8-6-16-10(13-8)11-4-2/h6-7,14H,3-5H2,1-2H3,(H,11,13)(H,12,15)/t7-/m1/s1. The number of aliphatic hydroxyl groups is 1. The lowest BCUT2D eigenvalue weighted by Gasteiger charge is -2.12. The van der Waals surface area contributed by atoms with Crippen LogP contribution in [0.25, 0.3) is 0 Å². The smallest absolute Gasteiger partial charge is 0.271 e. The van der Waals surface area contributed by atoms with Crippen LogP contribution in [0.3, 0.4) is 0 Å². The number of rotatable bonds is 6. The molecule has 1 rings (SSSR count). The van der Waals surface area contributed by atoms with Gasteiger partial charge in [-0.2, -0.15) is 0 Å². The summed E-state index contributed by atoms with van der Waals surface area (Å²) >= 11 is 1.40. The molecule has 16 heavy (non-hydrogen) atoms. The number of anilines is 1. The second-order valence-corrected chi connectivity index (χ2v) is 4.19. The first kappa shape index (κ1) is 12.9. The average Bonchev–Trinajstić information content (AvgIpc) is 2.74. The molecule has 0 radical (unpaired) electrons. The van der Waals surface area contributed by atoms with E-state index in [1.165, 1.54) is 11.3 Å². The summed E-state index contributed by atoms with van der Waals surface area (Å²) in [4.78, 5) is 15.8. The summed E-state index contributed by atoms with van der Waals surface area (Å²) < 4.78 is 0. The highest BCUT2D eigenvalue weighted by molar-refractivity contribution is 7.13. The lowest BCUT2D eigenvalue weighted by molar-refractivity contribution is 0.0910. The van der Waals surface area contributed by atoms with Crippen LogP contribution in [0.2, 0.25) is 0 Å². The summed E-state index contributed by atoms with van der Waals surface area (Å²) in [5.74, 6) is -0.235. The van der Waals surface area contributed by atoms with Gasteiger partial charge in [-0.25, -0.2) is 4.98 Å². The minimum Gasteiger partial charge on any atom is -0.394 e. The van der Waals surface area contributed by atoms with Crippen molar-refractivity contribution in [3.63, 3.8) is 0 Å². The Morgan fingerprint density at radius 2 is 2.38 bits per heavy atom. The van der Waals surface area contributed by atoms with Gasteiger partial charge in [0.15, 0.2) is 5.13 Å². The maximum absolute atomic E-state index is 11.7. The summed E-state index contributed by atoms with van der Waals surface area (Å²) in [5, 5.41) is 17.2. The first-order valence-corrected chi connectivity index (χ1v) is 6.20. The summed E-state index contributed by atoms with van der Waals surface area (Å²) in [6.45, 7) is 4.61. The van der Waals surface area contributed by atoms with Crippen molar-refractivity contribution in [2.75, 3.05) is 18.5 Å². The fraction of sp³-hybridized carbons (Fsp3) is 0.600. The lowest BCUT2D eigenvalue weighted by Crippen LogP contribution is -2.37. The zero-order valence-corrected chi connectivity index (χ0v) is 10.3. The molecule has 0 saturated carbocycles. The lowest BCUT2D eigenvalue weighted by atomic mass is 10.2. The minimum absolute atomic E-state index is 0.0492. The van der Waals surface area contributed by atoms with Crippen LogP contribution in [0, 0.1) is 0 Å². The van der Waals surface area contributed by atoms with Crippen LogP contribution in [0.1, 0.15) is 30.8 Å². The van der Waals surface area contributed by atoms with Crippen molar-refractivity contribution in [3.05, 3.63) is 11.1 Å². The Hall–Kier alpha value is -1.14. The molecule has 0 aromatic carbocycles. The third kappa shape index (κ3) is 3.46. The van der Waals surface area contributed by atoms with Crippen LogP contribution in [-0.4, -0.2) is 35.2 Å². The van der Waals surface area contributed by atoms with E-state index in [9.17, 15) is 4.79 Å². The van der Waals surface area contributed by atoms with Gasteiger partial charge in [0.25, 0.3) is 5.91 Å². The van der Waals surface area contributed by atoms with Crippen LogP contribution in [-0.2, 0) is 0 Å². The highest BCUT2D eigenvalue weighted by atomic mass is 32.1. The molecule has 1 aromatic rings. The van der Waals surface area contributed by atoms with E-state index >= 15 is 0 Å². The topological polar surface area (TPSA) is 74.2 Å². The molecule has 0 saturated heterocycles. The predicted molar refractivity (Wildman–Crippen MR) is 64.9 cm³/mol. The Morgan fingerprint density at radius 1 is 1.62 bits per heavy atom. The maximum atomic E-state index is 11.7. The van der Waals surface area contributed by atoms with E-state index in [1.54, 1.807) is 5.38 Å². The second-order valence-electron chi connectivity index (χ2n) is 3.33. The molecule has 5 nitrogen and oxygen atoms in total. The molecule has 0 fully saturated rings. The summed E-state index contributed by atoms with van der Waals surface area (Å²) in [6.07, 6.45) is 0.701. The van der Waals surface area contributed by atoms with Crippen molar-refractivity contribution < 1.29 is 9.90 Å². The highest BCUT2D eigenvalue weighted by Gasteiger charge is 2.14. The largest absolute Gasteiger partial charge is 0.394 e. The normalized spacial score (nSPS) is 12.2. The number of hydrogen-bond acceptors (Lipinski definition) is 5. The van der Waals surface area contributed by atoms with Gasteiger partial charge in [0.05, 0.1) is 12.6 Å². The molecule has 0 aliphatic heterocycles. The van der Waals surface area contributed by atoms with E-state index in [1.807, 2.05) is 13.8 Å². The van der Waals surface area contributed by atoms with Crippen LogP contribution >= 0.6 is 11.3 Å². The fourth-order valence-electron chi connectivity index (χ4n) is 1.15. The number of hydrogen-bond donors (Lipinski definition) is 3. The number of aliphatic hydroxyl groups excluding tert-OH is 1. The zero-order valence-electron chi connectivity index (χ0n) is 9.49. The quantitative estimate of drug-likeness (QED) is 0.699. The van der Waals surface area contributed by atoms with Gasteiger partial charge < -0.3 is 15.7 Å². The number of nitrogens with zero attached hydrogens (tertiary/aromatic N) is 1. The van der Waals surface area contributed by atoms with Gasteiger partial charge in [-0.1, -0.05) is 6.92 Å². The van der Waals surface area contributed by atoms with E-state index in [0.29, 0.717) is 12.1 Å². The average molecular weight is 243 g/mol. The van der Waals surface area contributed by atoms with Crippen LogP contribution in [0.5, 0.6) is 0 Å². The molecule has 0 unspecified atom stereocenters. The van der Waals surface area contributed by atoms with Gasteiger partial charge in [0.2, 0.25) is 0 Å². The Bertz CT molecular complexity index is 337. The van der Waals surface area contributed by atoms with E-state index < -0.39 is 0 Å². The van der Waals surface area contributed by atoms with Crippen molar-refractivity contribution in [3.8, 4) is 0 Å². The molecular formula is C10H17N3O2S. The zero-order chi connectivity index (χ0) is 12.0. The number of carbonyl (C=O) groups excluding carboxylic acids is 1. The van der Waals surface area contributed by atoms with E-state index in [4.69, 9.17) is 5.11 Å². The number of nitrogens with one attached hydrogen (secondary N) is 2. The molecule has 90 valence electrons. The molecule has 1 aromatic heterocycles. The molecule has 0 bridgehead atoms. The highest BCUT2D eigenvalue weighted by Crippen LogP contribution is 2.14. The molecule has 1 atom stereocenters. The molecule has 3 N–H and O–H groups in total. The van der Waals surface area contributed by atoms with E-state index in [0.717, 1.165) is 11.7 Å². The molecule has 6 heteroatoms. The maximum Gasteiger partial charge on any atom is 0.271 e. The molecule has 0 aliphatic rings. The van der Waals surface area contributed by atoms with Crippen molar-refractivity contribution in [1.29, 1.82) is 0 Å². The first-order chi connectivity index (χ1) is 7.71. The molecule has 0 aliphatic carbocycles. The van der Waals surface area contributed by atoms with Crippen molar-refractivity contribution in [1.82, 2.24) is 10.3 Å². The Morgan fingerprint density at radius 3 is 2.94 bits per heavy atom. The van der Waals surface area contributed by atoms with E-state index in [-0.39, 0.29) is 18.6 Å². The van der Waals surface area contributed by atoms with E-state index in [2.05, 4.69) is 15.6 Å². The van der Waals surface area contributed by atoms with Crippen LogP contribution in [0.4, 0.5) is 5.13 Å². The van der Waals surface area contributed by atoms with Gasteiger partial charge in [-0.15, -0.1) is 11.3 Å². The molecule has 1 amide bonds. The Kier molecular flexibility index (Phi) is 5.21. The van der Waals surface area contributed by atoms with Gasteiger partial charge in [0, 0.05) is 11.9 Å². The Balaban J connectivity index is 2.58. The molecule has 0 spiro atoms. The fourth-order valence-corrected chi connectivity index (χ4v) is 1.91. The van der Waals surface area contributed by atoms with Crippen LogP contribution < -0.4 is 10.6 Å². The summed E-state index contributed by atoms with van der Waals surface area (Å²) in [6, 6.07) is -0.197. The first-order valence-electron chi connectivity index (χ1n) is 5.32. The number of thiazole rings is 1. The van der Waals surface area contributed by atoms with Gasteiger partial charge in [0.1, 0.15) is 5.69 Å². The third-order valence-electron chi connectivity index (χ3n) is 2.11. The van der Waals surface area contributed by atoms with Crippen molar-refractivity contribution in [2.45, 2.75) is 26.3 Å². The van der Waals surface area contributed by atoms with Crippen LogP contribution in [0.15, 0.2) is 5.38 Å². The van der Waals surface area contributed by atoms with Gasteiger partial charge in [-0.05, 0) is 13.3 Å². The summed E-state index contributed by atoms with van der Waals surface area (Å²) in [7, 11) is 0. The minimum atomic E-state index is -0.235. The monoisotopic (exact) mass is 243 g/mol. The second kappa shape index (κ2) is 6.44. The number of carbonyl (C=O) groups is 1. The number of aromatic nitrogens is 1. The Labute approximate surface area is 98.9 Å².